The maximum atomic E-state index is 10.5. The van der Waals surface area contributed by atoms with E-state index in [0.717, 1.165) is 24.4 Å². The van der Waals surface area contributed by atoms with Crippen molar-refractivity contribution < 1.29 is 90.4 Å². The summed E-state index contributed by atoms with van der Waals surface area (Å²) in [4.78, 5) is 16.8. The van der Waals surface area contributed by atoms with Gasteiger partial charge in [0.1, 0.15) is 24.5 Å². The molecule has 0 saturated heterocycles. The molecule has 1 heterocycles. The van der Waals surface area contributed by atoms with Gasteiger partial charge in [0.2, 0.25) is 0 Å². The van der Waals surface area contributed by atoms with Crippen molar-refractivity contribution in [3.05, 3.63) is 54.2 Å². The second kappa shape index (κ2) is 15.5. The van der Waals surface area contributed by atoms with Gasteiger partial charge in [-0.2, -0.15) is 0 Å². The number of anilines is 1. The molecule has 0 N–H and O–H groups in total. The van der Waals surface area contributed by atoms with Crippen LogP contribution in [-0.2, 0) is 19.3 Å². The Morgan fingerprint density at radius 1 is 1.18 bits per heavy atom. The Kier molecular flexibility index (Phi) is 16.5. The van der Waals surface area contributed by atoms with E-state index in [2.05, 4.69) is 4.98 Å². The van der Waals surface area contributed by atoms with Crippen LogP contribution in [0.2, 0.25) is 0 Å². The molecule has 0 amide bonds. The summed E-state index contributed by atoms with van der Waals surface area (Å²) in [6, 6.07) is 12.9. The average molecular weight is 446 g/mol. The topological polar surface area (TPSA) is 140 Å². The van der Waals surface area contributed by atoms with Gasteiger partial charge < -0.3 is 18.7 Å². The predicted molar refractivity (Wildman–Crippen MR) is 93.4 cm³/mol. The first-order valence-electron chi connectivity index (χ1n) is 7.10. The Hall–Kier alpha value is -0.340. The summed E-state index contributed by atoms with van der Waals surface area (Å²) >= 11 is 0. The van der Waals surface area contributed by atoms with E-state index in [0.29, 0.717) is 12.2 Å². The number of carbonyl (C=O) groups is 1. The van der Waals surface area contributed by atoms with E-state index in [1.165, 1.54) is 0 Å². The number of hydrogen-bond donors (Lipinski definition) is 0. The van der Waals surface area contributed by atoms with Crippen LogP contribution in [0.15, 0.2) is 48.7 Å². The van der Waals surface area contributed by atoms with Crippen LogP contribution in [0.25, 0.3) is 0 Å². The molecular weight excluding hydrogens is 430 g/mol. The van der Waals surface area contributed by atoms with Gasteiger partial charge in [0.25, 0.3) is 0 Å². The average Bonchev–Trinajstić information content (AvgIpc) is 2.62. The first-order valence-corrected chi connectivity index (χ1v) is 10.1. The Morgan fingerprint density at radius 2 is 1.75 bits per heavy atom. The summed E-state index contributed by atoms with van der Waals surface area (Å²) in [6.45, 7) is 1.31. The van der Waals surface area contributed by atoms with E-state index in [-0.39, 0.29) is 59.1 Å². The molecule has 1 unspecified atom stereocenters. The van der Waals surface area contributed by atoms with Crippen molar-refractivity contribution in [3.8, 4) is 5.75 Å². The summed E-state index contributed by atoms with van der Waals surface area (Å²) in [7, 11) is -6.62. The normalized spacial score (nSPS) is 10.8. The van der Waals surface area contributed by atoms with Crippen molar-refractivity contribution in [2.24, 2.45) is 0 Å². The van der Waals surface area contributed by atoms with Gasteiger partial charge in [0.15, 0.2) is 9.15 Å². The summed E-state index contributed by atoms with van der Waals surface area (Å²) in [5.41, 5.74) is 0.651. The van der Waals surface area contributed by atoms with Crippen molar-refractivity contribution in [3.63, 3.8) is 0 Å². The zero-order chi connectivity index (χ0) is 19.6. The third kappa shape index (κ3) is 12.3. The van der Waals surface area contributed by atoms with E-state index in [1.807, 2.05) is 30.1 Å². The fourth-order valence-electron chi connectivity index (χ4n) is 1.64. The maximum absolute atomic E-state index is 10.5. The van der Waals surface area contributed by atoms with Gasteiger partial charge >= 0.3 is 59.1 Å². The molecule has 0 aliphatic heterocycles. The molecule has 0 radical (unpaired) electrons. The molecule has 2 rings (SSSR count). The van der Waals surface area contributed by atoms with Crippen LogP contribution in [-0.4, -0.2) is 53.2 Å². The Labute approximate surface area is 209 Å². The number of hydrogen-bond acceptors (Lipinski definition) is 9. The van der Waals surface area contributed by atoms with Crippen molar-refractivity contribution in [2.45, 2.75) is 0 Å². The molecule has 2 aromatic rings. The number of likely N-dealkylation sites (N-methyl/N-ethyl adjacent to an activating group) is 1. The van der Waals surface area contributed by atoms with Crippen molar-refractivity contribution >= 4 is 31.4 Å². The standard InChI is InChI=1S/C15H16N2O2.2Na.H2O5S2/c1-17(15-4-2-3-9-16-15)10-11-19-14-7-5-13(12-18)6-8-14;;;1-6(2)7(3,4)5/h2-9,12H,10-11H2,1H3;;;(H,1,2)(H,3,4,5)/q;2*+1;/p-2. The Morgan fingerprint density at radius 3 is 2.18 bits per heavy atom. The minimum atomic E-state index is -5.07. The van der Waals surface area contributed by atoms with Gasteiger partial charge in [-0.1, -0.05) is 6.07 Å². The first kappa shape index (κ1) is 29.9. The first-order chi connectivity index (χ1) is 12.2. The number of nitrogens with zero attached hydrogens (tertiary/aromatic N) is 2. The molecule has 0 aliphatic carbocycles. The fraction of sp³-hybridized carbons (Fsp3) is 0.200. The number of aldehydes is 1. The molecule has 1 aromatic carbocycles. The van der Waals surface area contributed by atoms with E-state index in [1.54, 1.807) is 30.5 Å². The quantitative estimate of drug-likeness (QED) is 0.134. The maximum Gasteiger partial charge on any atom is 1.00 e. The number of benzene rings is 1. The monoisotopic (exact) mass is 446 g/mol. The number of ether oxygens (including phenoxy) is 1. The van der Waals surface area contributed by atoms with Crippen molar-refractivity contribution in [2.75, 3.05) is 25.1 Å². The van der Waals surface area contributed by atoms with Gasteiger partial charge in [0.05, 0.1) is 16.7 Å². The predicted octanol–water partition coefficient (Wildman–Crippen LogP) is -5.26. The minimum Gasteiger partial charge on any atom is -0.761 e. The van der Waals surface area contributed by atoms with Crippen molar-refractivity contribution in [1.82, 2.24) is 4.98 Å². The molecule has 0 spiro atoms. The summed E-state index contributed by atoms with van der Waals surface area (Å²) in [6.07, 6.45) is 2.59. The largest absolute Gasteiger partial charge is 1.00 e. The summed E-state index contributed by atoms with van der Waals surface area (Å²) < 4.78 is 51.3. The second-order valence-corrected chi connectivity index (χ2v) is 8.02. The molecular formula is C15H16N2Na2O7S2. The van der Waals surface area contributed by atoms with E-state index >= 15 is 0 Å². The SMILES string of the molecule is CN(CCOc1ccc(C=O)cc1)c1ccccn1.O=S([O-])S(=O)(=O)[O-].[Na+].[Na+]. The van der Waals surface area contributed by atoms with Gasteiger partial charge in [0, 0.05) is 18.8 Å². The van der Waals surface area contributed by atoms with E-state index < -0.39 is 19.3 Å². The third-order valence-electron chi connectivity index (χ3n) is 2.92. The molecule has 0 saturated carbocycles. The van der Waals surface area contributed by atoms with Crippen LogP contribution >= 0.6 is 0 Å². The van der Waals surface area contributed by atoms with Crippen LogP contribution < -0.4 is 68.8 Å². The van der Waals surface area contributed by atoms with E-state index in [9.17, 15) is 4.79 Å². The van der Waals surface area contributed by atoms with Crippen LogP contribution in [0.3, 0.4) is 0 Å². The molecule has 1 aromatic heterocycles. The summed E-state index contributed by atoms with van der Waals surface area (Å²) in [5, 5.41) is 0. The number of pyridine rings is 1. The van der Waals surface area contributed by atoms with Gasteiger partial charge in [-0.25, -0.2) is 13.4 Å². The minimum absolute atomic E-state index is 0. The van der Waals surface area contributed by atoms with E-state index in [4.69, 9.17) is 26.5 Å². The second-order valence-electron chi connectivity index (χ2n) is 4.76. The zero-order valence-corrected chi connectivity index (χ0v) is 21.3. The zero-order valence-electron chi connectivity index (χ0n) is 15.7. The van der Waals surface area contributed by atoms with Crippen LogP contribution in [0.4, 0.5) is 5.82 Å². The Bertz CT molecular complexity index is 822. The molecule has 9 nitrogen and oxygen atoms in total. The molecule has 0 bridgehead atoms. The van der Waals surface area contributed by atoms with Gasteiger partial charge in [-0.3, -0.25) is 9.00 Å². The smallest absolute Gasteiger partial charge is 0.761 e. The molecule has 13 heteroatoms. The molecule has 1 atom stereocenters. The molecule has 0 aliphatic rings. The van der Waals surface area contributed by atoms with Crippen LogP contribution in [0.1, 0.15) is 10.4 Å². The van der Waals surface area contributed by atoms with Gasteiger partial charge in [-0.05, 0) is 36.4 Å². The van der Waals surface area contributed by atoms with Crippen LogP contribution in [0.5, 0.6) is 5.75 Å². The molecule has 0 fully saturated rings. The fourth-order valence-corrected chi connectivity index (χ4v) is 1.64. The Balaban J connectivity index is 0. The van der Waals surface area contributed by atoms with Crippen molar-refractivity contribution in [1.29, 1.82) is 0 Å². The molecule has 28 heavy (non-hydrogen) atoms. The number of aromatic nitrogens is 1. The third-order valence-corrected chi connectivity index (χ3v) is 4.25. The number of carbonyl (C=O) groups excluding carboxylic acids is 1. The molecule has 142 valence electrons. The summed E-state index contributed by atoms with van der Waals surface area (Å²) in [5.74, 6) is 1.68. The number of rotatable bonds is 7. The van der Waals surface area contributed by atoms with Gasteiger partial charge in [-0.15, -0.1) is 0 Å². The van der Waals surface area contributed by atoms with Crippen LogP contribution in [0, 0.1) is 0 Å².